The molecule has 0 bridgehead atoms. The SMILES string of the molecule is CC1(C(F)(F)F)NC(=O)N(Cc2ccc(Cl)nc2Cl)C1=O. The van der Waals surface area contributed by atoms with Crippen LogP contribution in [0.2, 0.25) is 10.3 Å². The first-order valence-electron chi connectivity index (χ1n) is 5.58. The van der Waals surface area contributed by atoms with E-state index in [0.29, 0.717) is 11.8 Å². The van der Waals surface area contributed by atoms with Gasteiger partial charge in [0.15, 0.2) is 0 Å². The minimum Gasteiger partial charge on any atom is -0.316 e. The summed E-state index contributed by atoms with van der Waals surface area (Å²) in [4.78, 5) is 27.7. The van der Waals surface area contributed by atoms with Crippen LogP contribution in [-0.2, 0) is 11.3 Å². The van der Waals surface area contributed by atoms with E-state index in [1.807, 2.05) is 0 Å². The van der Waals surface area contributed by atoms with Crippen molar-refractivity contribution in [1.29, 1.82) is 0 Å². The van der Waals surface area contributed by atoms with Crippen LogP contribution in [0.5, 0.6) is 0 Å². The average Bonchev–Trinajstić information content (AvgIpc) is 2.56. The van der Waals surface area contributed by atoms with E-state index in [0.717, 1.165) is 0 Å². The molecule has 10 heteroatoms. The highest BCUT2D eigenvalue weighted by Crippen LogP contribution is 2.36. The molecule has 2 heterocycles. The van der Waals surface area contributed by atoms with E-state index < -0.39 is 30.2 Å². The quantitative estimate of drug-likeness (QED) is 0.664. The van der Waals surface area contributed by atoms with Crippen molar-refractivity contribution in [2.24, 2.45) is 0 Å². The smallest absolute Gasteiger partial charge is 0.316 e. The van der Waals surface area contributed by atoms with E-state index in [1.165, 1.54) is 12.1 Å². The van der Waals surface area contributed by atoms with Gasteiger partial charge in [0.25, 0.3) is 5.91 Å². The Morgan fingerprint density at radius 2 is 1.95 bits per heavy atom. The first-order valence-corrected chi connectivity index (χ1v) is 6.33. The average molecular weight is 342 g/mol. The molecule has 0 radical (unpaired) electrons. The molecule has 0 aliphatic carbocycles. The Labute approximate surface area is 127 Å². The Bertz CT molecular complexity index is 623. The Kier molecular flexibility index (Phi) is 3.79. The van der Waals surface area contributed by atoms with Gasteiger partial charge in [-0.05, 0) is 13.0 Å². The van der Waals surface area contributed by atoms with Crippen LogP contribution in [0.4, 0.5) is 18.0 Å². The van der Waals surface area contributed by atoms with Crippen LogP contribution >= 0.6 is 23.2 Å². The fourth-order valence-electron chi connectivity index (χ4n) is 1.76. The van der Waals surface area contributed by atoms with Crippen LogP contribution in [-0.4, -0.2) is 33.5 Å². The van der Waals surface area contributed by atoms with Crippen LogP contribution in [0, 0.1) is 0 Å². The van der Waals surface area contributed by atoms with Crippen molar-refractivity contribution in [2.75, 3.05) is 0 Å². The van der Waals surface area contributed by atoms with Crippen molar-refractivity contribution in [2.45, 2.75) is 25.2 Å². The van der Waals surface area contributed by atoms with Crippen molar-refractivity contribution in [3.8, 4) is 0 Å². The van der Waals surface area contributed by atoms with Gasteiger partial charge in [-0.25, -0.2) is 9.78 Å². The Hall–Kier alpha value is -1.54. The number of hydrogen-bond acceptors (Lipinski definition) is 3. The lowest BCUT2D eigenvalue weighted by Gasteiger charge is -2.24. The monoisotopic (exact) mass is 341 g/mol. The van der Waals surface area contributed by atoms with Gasteiger partial charge in [-0.15, -0.1) is 0 Å². The van der Waals surface area contributed by atoms with Gasteiger partial charge in [0.2, 0.25) is 5.54 Å². The summed E-state index contributed by atoms with van der Waals surface area (Å²) >= 11 is 11.4. The Morgan fingerprint density at radius 3 is 2.43 bits per heavy atom. The summed E-state index contributed by atoms with van der Waals surface area (Å²) < 4.78 is 38.7. The molecule has 21 heavy (non-hydrogen) atoms. The number of nitrogens with one attached hydrogen (secondary N) is 1. The number of halogens is 5. The predicted octanol–water partition coefficient (Wildman–Crippen LogP) is 2.76. The molecule has 1 N–H and O–H groups in total. The van der Waals surface area contributed by atoms with Crippen LogP contribution in [0.1, 0.15) is 12.5 Å². The lowest BCUT2D eigenvalue weighted by molar-refractivity contribution is -0.191. The summed E-state index contributed by atoms with van der Waals surface area (Å²) in [5, 5.41) is 1.63. The standard InChI is InChI=1S/C11H8Cl2F3N3O2/c1-10(11(14,15)16)8(20)19(9(21)18-10)4-5-2-3-6(12)17-7(5)13/h2-3H,4H2,1H3,(H,18,21). The van der Waals surface area contributed by atoms with E-state index in [9.17, 15) is 22.8 Å². The lowest BCUT2D eigenvalue weighted by atomic mass is 10.0. The van der Waals surface area contributed by atoms with Crippen LogP contribution in [0.15, 0.2) is 12.1 Å². The molecule has 1 fully saturated rings. The van der Waals surface area contributed by atoms with Gasteiger partial charge in [0, 0.05) is 5.56 Å². The zero-order valence-electron chi connectivity index (χ0n) is 10.5. The van der Waals surface area contributed by atoms with Crippen LogP contribution in [0.25, 0.3) is 0 Å². The van der Waals surface area contributed by atoms with Crippen LogP contribution < -0.4 is 5.32 Å². The van der Waals surface area contributed by atoms with Gasteiger partial charge in [0.1, 0.15) is 10.3 Å². The van der Waals surface area contributed by atoms with Crippen molar-refractivity contribution < 1.29 is 22.8 Å². The third-order valence-electron chi connectivity index (χ3n) is 3.06. The number of nitrogens with zero attached hydrogens (tertiary/aromatic N) is 2. The number of urea groups is 1. The Morgan fingerprint density at radius 1 is 1.33 bits per heavy atom. The van der Waals surface area contributed by atoms with Gasteiger partial charge in [-0.1, -0.05) is 29.3 Å². The van der Waals surface area contributed by atoms with E-state index in [-0.39, 0.29) is 15.9 Å². The van der Waals surface area contributed by atoms with E-state index >= 15 is 0 Å². The molecule has 114 valence electrons. The maximum absolute atomic E-state index is 12.9. The number of alkyl halides is 3. The topological polar surface area (TPSA) is 62.3 Å². The minimum atomic E-state index is -4.91. The minimum absolute atomic E-state index is 0.0843. The maximum Gasteiger partial charge on any atom is 0.420 e. The zero-order valence-corrected chi connectivity index (χ0v) is 12.0. The van der Waals surface area contributed by atoms with E-state index in [1.54, 1.807) is 5.32 Å². The summed E-state index contributed by atoms with van der Waals surface area (Å²) in [7, 11) is 0. The molecule has 0 spiro atoms. The molecule has 3 amide bonds. The van der Waals surface area contributed by atoms with Gasteiger partial charge >= 0.3 is 12.2 Å². The zero-order chi connectivity index (χ0) is 16.0. The van der Waals surface area contributed by atoms with Crippen molar-refractivity contribution in [3.63, 3.8) is 0 Å². The summed E-state index contributed by atoms with van der Waals surface area (Å²) in [6.45, 7) is 0.175. The highest BCUT2D eigenvalue weighted by molar-refractivity contribution is 6.32. The predicted molar refractivity (Wildman–Crippen MR) is 67.8 cm³/mol. The molecule has 0 saturated carbocycles. The van der Waals surface area contributed by atoms with Gasteiger partial charge in [-0.2, -0.15) is 13.2 Å². The third kappa shape index (κ3) is 2.65. The third-order valence-corrected chi connectivity index (χ3v) is 3.60. The van der Waals surface area contributed by atoms with Crippen molar-refractivity contribution in [3.05, 3.63) is 28.0 Å². The fraction of sp³-hybridized carbons (Fsp3) is 0.364. The number of pyridine rings is 1. The number of rotatable bonds is 2. The first-order chi connectivity index (χ1) is 9.56. The molecule has 1 aromatic rings. The number of amides is 3. The summed E-state index contributed by atoms with van der Waals surface area (Å²) in [6, 6.07) is 1.58. The van der Waals surface area contributed by atoms with Gasteiger partial charge in [0.05, 0.1) is 6.54 Å². The molecular weight excluding hydrogens is 334 g/mol. The molecule has 1 atom stereocenters. The van der Waals surface area contributed by atoms with Gasteiger partial charge in [-0.3, -0.25) is 9.69 Å². The van der Waals surface area contributed by atoms with Gasteiger partial charge < -0.3 is 5.32 Å². The molecule has 2 rings (SSSR count). The molecule has 1 saturated heterocycles. The highest BCUT2D eigenvalue weighted by Gasteiger charge is 2.64. The summed E-state index contributed by atoms with van der Waals surface area (Å²) in [5.41, 5.74) is -2.74. The molecule has 1 aliphatic rings. The van der Waals surface area contributed by atoms with E-state index in [2.05, 4.69) is 4.98 Å². The second-order valence-electron chi connectivity index (χ2n) is 4.53. The van der Waals surface area contributed by atoms with Crippen molar-refractivity contribution >= 4 is 35.1 Å². The molecule has 1 aliphatic heterocycles. The van der Waals surface area contributed by atoms with E-state index in [4.69, 9.17) is 23.2 Å². The first kappa shape index (κ1) is 15.8. The largest absolute Gasteiger partial charge is 0.420 e. The molecule has 5 nitrogen and oxygen atoms in total. The molecule has 1 aromatic heterocycles. The second-order valence-corrected chi connectivity index (χ2v) is 5.27. The number of hydrogen-bond donors (Lipinski definition) is 1. The number of imide groups is 1. The molecule has 1 unspecified atom stereocenters. The number of carbonyl (C=O) groups excluding carboxylic acids is 2. The summed E-state index contributed by atoms with van der Waals surface area (Å²) in [6.07, 6.45) is -4.91. The maximum atomic E-state index is 12.9. The molecule has 0 aromatic carbocycles. The highest BCUT2D eigenvalue weighted by atomic mass is 35.5. The van der Waals surface area contributed by atoms with Crippen molar-refractivity contribution in [1.82, 2.24) is 15.2 Å². The number of carbonyl (C=O) groups is 2. The van der Waals surface area contributed by atoms with Crippen LogP contribution in [0.3, 0.4) is 0 Å². The Balaban J connectivity index is 2.30. The normalized spacial score (nSPS) is 22.7. The second kappa shape index (κ2) is 5.03. The summed E-state index contributed by atoms with van der Waals surface area (Å²) in [5.74, 6) is -1.40. The lowest BCUT2D eigenvalue weighted by Crippen LogP contribution is -2.56. The molecular formula is C11H8Cl2F3N3O2. The number of aromatic nitrogens is 1. The fourth-order valence-corrected chi connectivity index (χ4v) is 2.17.